The minimum absolute atomic E-state index is 0. The molecule has 2 aromatic rings. The molecule has 34 heavy (non-hydrogen) atoms. The Hall–Kier alpha value is -3.27. The van der Waals surface area contributed by atoms with Crippen LogP contribution in [0.1, 0.15) is 29.5 Å². The number of halogens is 1. The summed E-state index contributed by atoms with van der Waals surface area (Å²) in [6.07, 6.45) is 1.74. The third-order valence-corrected chi connectivity index (χ3v) is 5.66. The lowest BCUT2D eigenvalue weighted by molar-refractivity contribution is -0.136. The number of aliphatic carboxylic acids is 1. The molecule has 9 nitrogen and oxygen atoms in total. The number of amides is 2. The number of carbonyl (C=O) groups is 3. The molecule has 2 atom stereocenters. The molecule has 2 aromatic carbocycles. The second-order valence-electron chi connectivity index (χ2n) is 8.11. The average Bonchev–Trinajstić information content (AvgIpc) is 3.25. The van der Waals surface area contributed by atoms with E-state index in [1.54, 1.807) is 12.1 Å². The standard InChI is InChI=1S/C24H29N5O4.ClH/c25-22(26)18-10-8-17(9-11-18)15-29-12-4-7-20(29)24(33)28-23(32)19(27-14-21(30)31)13-16-5-2-1-3-6-16;/h1-3,5-6,8-11,19-20,27H,4,7,12-15H2,(H3,25,26)(H,30,31)(H,28,32,33);1H/t19-,20+;/m1./s1. The number of carboxylic acids is 1. The van der Waals surface area contributed by atoms with Crippen molar-refractivity contribution in [3.63, 3.8) is 0 Å². The Labute approximate surface area is 204 Å². The van der Waals surface area contributed by atoms with Crippen LogP contribution in [0.4, 0.5) is 0 Å². The molecule has 0 aromatic heterocycles. The van der Waals surface area contributed by atoms with Crippen LogP contribution < -0.4 is 16.4 Å². The van der Waals surface area contributed by atoms with Gasteiger partial charge in [0.1, 0.15) is 5.84 Å². The summed E-state index contributed by atoms with van der Waals surface area (Å²) in [6, 6.07) is 15.2. The topological polar surface area (TPSA) is 149 Å². The number of amidine groups is 1. The van der Waals surface area contributed by atoms with E-state index in [0.717, 1.165) is 24.1 Å². The number of nitrogen functional groups attached to an aromatic ring is 1. The molecule has 1 aliphatic heterocycles. The molecule has 6 N–H and O–H groups in total. The second kappa shape index (κ2) is 12.8. The van der Waals surface area contributed by atoms with E-state index in [1.807, 2.05) is 47.4 Å². The Morgan fingerprint density at radius 2 is 1.76 bits per heavy atom. The third kappa shape index (κ3) is 7.65. The SMILES string of the molecule is Cl.N=C(N)c1ccc(CN2CCC[C@H]2C(=O)NC(=O)[C@@H](Cc2ccccc2)NCC(=O)O)cc1. The van der Waals surface area contributed by atoms with Gasteiger partial charge in [0.2, 0.25) is 11.8 Å². The molecule has 0 unspecified atom stereocenters. The van der Waals surface area contributed by atoms with E-state index in [2.05, 4.69) is 10.6 Å². The zero-order valence-electron chi connectivity index (χ0n) is 18.7. The molecular weight excluding hydrogens is 458 g/mol. The van der Waals surface area contributed by atoms with Crippen LogP contribution in [0.3, 0.4) is 0 Å². The highest BCUT2D eigenvalue weighted by atomic mass is 35.5. The lowest BCUT2D eigenvalue weighted by Gasteiger charge is -2.25. The van der Waals surface area contributed by atoms with Gasteiger partial charge < -0.3 is 10.8 Å². The summed E-state index contributed by atoms with van der Waals surface area (Å²) in [6.45, 7) is 0.880. The minimum atomic E-state index is -1.08. The fourth-order valence-corrected chi connectivity index (χ4v) is 3.95. The Morgan fingerprint density at radius 1 is 1.09 bits per heavy atom. The fourth-order valence-electron chi connectivity index (χ4n) is 3.95. The molecule has 0 bridgehead atoms. The third-order valence-electron chi connectivity index (χ3n) is 5.66. The Kier molecular flexibility index (Phi) is 10.2. The predicted octanol–water partition coefficient (Wildman–Crippen LogP) is 1.29. The van der Waals surface area contributed by atoms with Crippen LogP contribution in [-0.2, 0) is 27.3 Å². The van der Waals surface area contributed by atoms with E-state index in [4.69, 9.17) is 16.2 Å². The highest BCUT2D eigenvalue weighted by molar-refractivity contribution is 6.00. The minimum Gasteiger partial charge on any atom is -0.480 e. The molecule has 0 radical (unpaired) electrons. The van der Waals surface area contributed by atoms with E-state index in [9.17, 15) is 14.4 Å². The number of carbonyl (C=O) groups excluding carboxylic acids is 2. The number of nitrogens with one attached hydrogen (secondary N) is 3. The summed E-state index contributed by atoms with van der Waals surface area (Å²) >= 11 is 0. The summed E-state index contributed by atoms with van der Waals surface area (Å²) in [4.78, 5) is 38.8. The number of nitrogens with two attached hydrogens (primary N) is 1. The lowest BCUT2D eigenvalue weighted by atomic mass is 10.0. The van der Waals surface area contributed by atoms with Gasteiger partial charge in [-0.3, -0.25) is 35.3 Å². The number of carboxylic acid groups (broad SMARTS) is 1. The van der Waals surface area contributed by atoms with Crippen molar-refractivity contribution in [2.24, 2.45) is 5.73 Å². The van der Waals surface area contributed by atoms with E-state index in [1.165, 1.54) is 0 Å². The first kappa shape index (κ1) is 27.0. The van der Waals surface area contributed by atoms with Gasteiger partial charge in [0.05, 0.1) is 18.6 Å². The first-order valence-electron chi connectivity index (χ1n) is 10.8. The molecule has 2 amide bonds. The molecule has 3 rings (SSSR count). The van der Waals surface area contributed by atoms with Gasteiger partial charge in [-0.15, -0.1) is 12.4 Å². The number of imide groups is 1. The van der Waals surface area contributed by atoms with Crippen LogP contribution in [0.25, 0.3) is 0 Å². The van der Waals surface area contributed by atoms with Crippen molar-refractivity contribution >= 4 is 36.0 Å². The number of likely N-dealkylation sites (tertiary alicyclic amines) is 1. The van der Waals surface area contributed by atoms with E-state index in [0.29, 0.717) is 18.5 Å². The zero-order valence-corrected chi connectivity index (χ0v) is 19.5. The van der Waals surface area contributed by atoms with Crippen molar-refractivity contribution in [3.8, 4) is 0 Å². The molecule has 0 spiro atoms. The van der Waals surface area contributed by atoms with Crippen molar-refractivity contribution in [2.45, 2.75) is 37.9 Å². The van der Waals surface area contributed by atoms with Gasteiger partial charge in [-0.25, -0.2) is 0 Å². The maximum absolute atomic E-state index is 12.9. The molecule has 10 heteroatoms. The zero-order chi connectivity index (χ0) is 23.8. The number of benzene rings is 2. The first-order chi connectivity index (χ1) is 15.8. The molecule has 182 valence electrons. The van der Waals surface area contributed by atoms with Gasteiger partial charge in [-0.1, -0.05) is 54.6 Å². The number of nitrogens with zero attached hydrogens (tertiary/aromatic N) is 1. The van der Waals surface area contributed by atoms with Crippen LogP contribution in [-0.4, -0.2) is 58.8 Å². The monoisotopic (exact) mass is 487 g/mol. The normalized spacial score (nSPS) is 16.3. The van der Waals surface area contributed by atoms with Crippen molar-refractivity contribution in [2.75, 3.05) is 13.1 Å². The van der Waals surface area contributed by atoms with Crippen LogP contribution >= 0.6 is 12.4 Å². The molecule has 1 aliphatic rings. The number of hydrogen-bond acceptors (Lipinski definition) is 6. The summed E-state index contributed by atoms with van der Waals surface area (Å²) < 4.78 is 0. The maximum atomic E-state index is 12.9. The first-order valence-corrected chi connectivity index (χ1v) is 10.8. The van der Waals surface area contributed by atoms with Gasteiger partial charge in [0.25, 0.3) is 0 Å². The van der Waals surface area contributed by atoms with Crippen molar-refractivity contribution in [1.82, 2.24) is 15.5 Å². The van der Waals surface area contributed by atoms with Gasteiger partial charge >= 0.3 is 5.97 Å². The summed E-state index contributed by atoms with van der Waals surface area (Å²) in [5.41, 5.74) is 7.98. The quantitative estimate of drug-likeness (QED) is 0.250. The van der Waals surface area contributed by atoms with Crippen molar-refractivity contribution < 1.29 is 19.5 Å². The van der Waals surface area contributed by atoms with Gasteiger partial charge in [0.15, 0.2) is 0 Å². The van der Waals surface area contributed by atoms with Crippen molar-refractivity contribution in [1.29, 1.82) is 5.41 Å². The summed E-state index contributed by atoms with van der Waals surface area (Å²) in [5, 5.41) is 21.7. The Morgan fingerprint density at radius 3 is 2.38 bits per heavy atom. The predicted molar refractivity (Wildman–Crippen MR) is 131 cm³/mol. The summed E-state index contributed by atoms with van der Waals surface area (Å²) in [7, 11) is 0. The van der Waals surface area contributed by atoms with Crippen LogP contribution in [0, 0.1) is 5.41 Å². The summed E-state index contributed by atoms with van der Waals surface area (Å²) in [5.74, 6) is -2.00. The van der Waals surface area contributed by atoms with Gasteiger partial charge in [-0.05, 0) is 36.9 Å². The van der Waals surface area contributed by atoms with Gasteiger partial charge in [0, 0.05) is 12.1 Å². The van der Waals surface area contributed by atoms with Crippen LogP contribution in [0.2, 0.25) is 0 Å². The molecular formula is C24H30ClN5O4. The largest absolute Gasteiger partial charge is 0.480 e. The molecule has 0 saturated carbocycles. The number of hydrogen-bond donors (Lipinski definition) is 5. The lowest BCUT2D eigenvalue weighted by Crippen LogP contribution is -2.52. The average molecular weight is 488 g/mol. The smallest absolute Gasteiger partial charge is 0.317 e. The number of rotatable bonds is 10. The highest BCUT2D eigenvalue weighted by Gasteiger charge is 2.33. The molecule has 1 heterocycles. The Bertz CT molecular complexity index is 1000. The molecule has 0 aliphatic carbocycles. The van der Waals surface area contributed by atoms with Crippen LogP contribution in [0.5, 0.6) is 0 Å². The van der Waals surface area contributed by atoms with E-state index in [-0.39, 0.29) is 37.1 Å². The van der Waals surface area contributed by atoms with E-state index < -0.39 is 24.0 Å². The van der Waals surface area contributed by atoms with Crippen molar-refractivity contribution in [3.05, 3.63) is 71.3 Å². The molecule has 1 saturated heterocycles. The Balaban J connectivity index is 0.00000408. The maximum Gasteiger partial charge on any atom is 0.317 e. The fraction of sp³-hybridized carbons (Fsp3) is 0.333. The highest BCUT2D eigenvalue weighted by Crippen LogP contribution is 2.20. The van der Waals surface area contributed by atoms with Gasteiger partial charge in [-0.2, -0.15) is 0 Å². The molecule has 1 fully saturated rings. The van der Waals surface area contributed by atoms with Crippen LogP contribution in [0.15, 0.2) is 54.6 Å². The second-order valence-corrected chi connectivity index (χ2v) is 8.11. The van der Waals surface area contributed by atoms with E-state index >= 15 is 0 Å².